The van der Waals surface area contributed by atoms with E-state index in [2.05, 4.69) is 11.1 Å². The lowest BCUT2D eigenvalue weighted by Gasteiger charge is -2.29. The summed E-state index contributed by atoms with van der Waals surface area (Å²) in [6.07, 6.45) is 4.80. The zero-order valence-corrected chi connectivity index (χ0v) is 15.2. The highest BCUT2D eigenvalue weighted by molar-refractivity contribution is 5.96. The Kier molecular flexibility index (Phi) is 5.82. The second-order valence-corrected chi connectivity index (χ2v) is 6.48. The van der Waals surface area contributed by atoms with Gasteiger partial charge in [-0.1, -0.05) is 12.1 Å². The topological polar surface area (TPSA) is 83.3 Å². The molecule has 27 heavy (non-hydrogen) atoms. The van der Waals surface area contributed by atoms with E-state index in [0.29, 0.717) is 30.8 Å². The van der Waals surface area contributed by atoms with Gasteiger partial charge in [0.1, 0.15) is 0 Å². The Morgan fingerprint density at radius 2 is 2.07 bits per heavy atom. The van der Waals surface area contributed by atoms with Crippen molar-refractivity contribution in [1.82, 2.24) is 9.88 Å². The summed E-state index contributed by atoms with van der Waals surface area (Å²) in [6, 6.07) is 11.2. The number of rotatable bonds is 4. The molecule has 1 amide bonds. The molecule has 6 nitrogen and oxygen atoms in total. The van der Waals surface area contributed by atoms with Crippen molar-refractivity contribution < 1.29 is 14.3 Å². The van der Waals surface area contributed by atoms with E-state index in [0.717, 1.165) is 24.0 Å². The summed E-state index contributed by atoms with van der Waals surface area (Å²) in [7, 11) is 0. The number of nitrogens with zero attached hydrogens (tertiary/aromatic N) is 3. The molecule has 1 aromatic heterocycles. The summed E-state index contributed by atoms with van der Waals surface area (Å²) in [5.41, 5.74) is 2.48. The van der Waals surface area contributed by atoms with Crippen LogP contribution in [-0.2, 0) is 4.74 Å². The Balaban J connectivity index is 1.84. The zero-order chi connectivity index (χ0) is 19.2. The van der Waals surface area contributed by atoms with E-state index in [4.69, 9.17) is 10.00 Å². The highest BCUT2D eigenvalue weighted by Crippen LogP contribution is 2.23. The van der Waals surface area contributed by atoms with Gasteiger partial charge in [0.15, 0.2) is 0 Å². The maximum absolute atomic E-state index is 12.8. The molecule has 2 aromatic rings. The molecule has 2 heterocycles. The second kappa shape index (κ2) is 8.45. The number of piperidine rings is 1. The molecular formula is C21H21N3O3. The number of amides is 1. The first-order chi connectivity index (χ1) is 13.1. The Morgan fingerprint density at radius 1 is 1.26 bits per heavy atom. The Bertz CT molecular complexity index is 888. The number of likely N-dealkylation sites (tertiary alicyclic amines) is 1. The van der Waals surface area contributed by atoms with Crippen molar-refractivity contribution in [3.05, 3.63) is 53.9 Å². The van der Waals surface area contributed by atoms with E-state index in [1.54, 1.807) is 36.2 Å². The SMILES string of the molecule is CCOC(=O)c1cncc(-c2cccc(C(=O)N3CCC[C@H](C#N)C3)c2)c1. The van der Waals surface area contributed by atoms with Crippen LogP contribution in [0.25, 0.3) is 11.1 Å². The van der Waals surface area contributed by atoms with Crippen molar-refractivity contribution in [2.45, 2.75) is 19.8 Å². The fourth-order valence-electron chi connectivity index (χ4n) is 3.21. The lowest BCUT2D eigenvalue weighted by atomic mass is 9.98. The average Bonchev–Trinajstić information content (AvgIpc) is 2.73. The van der Waals surface area contributed by atoms with E-state index in [1.807, 2.05) is 12.1 Å². The molecule has 138 valence electrons. The second-order valence-electron chi connectivity index (χ2n) is 6.48. The van der Waals surface area contributed by atoms with Gasteiger partial charge < -0.3 is 9.64 Å². The van der Waals surface area contributed by atoms with E-state index >= 15 is 0 Å². The molecule has 3 rings (SSSR count). The number of hydrogen-bond acceptors (Lipinski definition) is 5. The van der Waals surface area contributed by atoms with Crippen LogP contribution in [0, 0.1) is 17.2 Å². The number of esters is 1. The molecule has 0 N–H and O–H groups in total. The van der Waals surface area contributed by atoms with E-state index < -0.39 is 5.97 Å². The van der Waals surface area contributed by atoms with Gasteiger partial charge in [-0.25, -0.2) is 4.79 Å². The quantitative estimate of drug-likeness (QED) is 0.778. The number of nitriles is 1. The zero-order valence-electron chi connectivity index (χ0n) is 15.2. The molecule has 0 spiro atoms. The summed E-state index contributed by atoms with van der Waals surface area (Å²) in [6.45, 7) is 3.19. The van der Waals surface area contributed by atoms with Gasteiger partial charge in [0, 0.05) is 36.6 Å². The van der Waals surface area contributed by atoms with E-state index in [1.165, 1.54) is 6.20 Å². The van der Waals surface area contributed by atoms with Crippen LogP contribution in [0.3, 0.4) is 0 Å². The average molecular weight is 363 g/mol. The molecule has 1 aliphatic heterocycles. The summed E-state index contributed by atoms with van der Waals surface area (Å²) in [5, 5.41) is 9.13. The van der Waals surface area contributed by atoms with Gasteiger partial charge in [0.2, 0.25) is 0 Å². The van der Waals surface area contributed by atoms with Crippen LogP contribution < -0.4 is 0 Å². The third kappa shape index (κ3) is 4.32. The van der Waals surface area contributed by atoms with Crippen LogP contribution in [0.1, 0.15) is 40.5 Å². The Hall–Kier alpha value is -3.20. The smallest absolute Gasteiger partial charge is 0.339 e. The predicted molar refractivity (Wildman–Crippen MR) is 99.9 cm³/mol. The number of benzene rings is 1. The van der Waals surface area contributed by atoms with Gasteiger partial charge >= 0.3 is 5.97 Å². The molecule has 0 saturated carbocycles. The summed E-state index contributed by atoms with van der Waals surface area (Å²) < 4.78 is 5.01. The lowest BCUT2D eigenvalue weighted by Crippen LogP contribution is -2.39. The fourth-order valence-corrected chi connectivity index (χ4v) is 3.21. The molecule has 0 unspecified atom stereocenters. The highest BCUT2D eigenvalue weighted by atomic mass is 16.5. The van der Waals surface area contributed by atoms with Gasteiger partial charge in [0.05, 0.1) is 24.2 Å². The standard InChI is InChI=1S/C21H21N3O3/c1-2-27-21(26)19-10-18(12-23-13-19)16-6-3-7-17(9-16)20(25)24-8-4-5-15(11-22)14-24/h3,6-7,9-10,12-13,15H,2,4-5,8,14H2,1H3/t15-/m1/s1. The third-order valence-electron chi connectivity index (χ3n) is 4.58. The maximum atomic E-state index is 12.8. The molecule has 1 aromatic carbocycles. The lowest BCUT2D eigenvalue weighted by molar-refractivity contribution is 0.0525. The normalized spacial score (nSPS) is 16.4. The molecule has 6 heteroatoms. The monoisotopic (exact) mass is 363 g/mol. The molecule has 1 saturated heterocycles. The van der Waals surface area contributed by atoms with E-state index in [9.17, 15) is 9.59 Å². The van der Waals surface area contributed by atoms with Crippen LogP contribution in [0.5, 0.6) is 0 Å². The summed E-state index contributed by atoms with van der Waals surface area (Å²) in [5.74, 6) is -0.599. The maximum Gasteiger partial charge on any atom is 0.339 e. The van der Waals surface area contributed by atoms with Gasteiger partial charge in [-0.15, -0.1) is 0 Å². The molecule has 0 radical (unpaired) electrons. The number of carbonyl (C=O) groups excluding carboxylic acids is 2. The minimum absolute atomic E-state index is 0.0775. The number of ether oxygens (including phenoxy) is 1. The van der Waals surface area contributed by atoms with Gasteiger partial charge in [-0.05, 0) is 43.5 Å². The first-order valence-corrected chi connectivity index (χ1v) is 9.04. The van der Waals surface area contributed by atoms with Crippen LogP contribution in [-0.4, -0.2) is 41.5 Å². The van der Waals surface area contributed by atoms with Crippen LogP contribution in [0.2, 0.25) is 0 Å². The van der Waals surface area contributed by atoms with Gasteiger partial charge in [0.25, 0.3) is 5.91 Å². The Morgan fingerprint density at radius 3 is 2.85 bits per heavy atom. The van der Waals surface area contributed by atoms with Gasteiger partial charge in [-0.2, -0.15) is 5.26 Å². The van der Waals surface area contributed by atoms with Crippen molar-refractivity contribution >= 4 is 11.9 Å². The predicted octanol–water partition coefficient (Wildman–Crippen LogP) is 3.30. The van der Waals surface area contributed by atoms with Crippen molar-refractivity contribution in [2.75, 3.05) is 19.7 Å². The molecule has 0 bridgehead atoms. The number of hydrogen-bond donors (Lipinski definition) is 0. The van der Waals surface area contributed by atoms with Crippen molar-refractivity contribution in [3.8, 4) is 17.2 Å². The minimum atomic E-state index is -0.421. The highest BCUT2D eigenvalue weighted by Gasteiger charge is 2.24. The van der Waals surface area contributed by atoms with E-state index in [-0.39, 0.29) is 11.8 Å². The first kappa shape index (κ1) is 18.6. The van der Waals surface area contributed by atoms with Crippen molar-refractivity contribution in [2.24, 2.45) is 5.92 Å². The minimum Gasteiger partial charge on any atom is -0.462 e. The Labute approximate surface area is 158 Å². The fraction of sp³-hybridized carbons (Fsp3) is 0.333. The number of carbonyl (C=O) groups is 2. The third-order valence-corrected chi connectivity index (χ3v) is 4.58. The van der Waals surface area contributed by atoms with Crippen molar-refractivity contribution in [3.63, 3.8) is 0 Å². The molecule has 1 aliphatic rings. The van der Waals surface area contributed by atoms with Crippen LogP contribution >= 0.6 is 0 Å². The van der Waals surface area contributed by atoms with Crippen molar-refractivity contribution in [1.29, 1.82) is 5.26 Å². The number of pyridine rings is 1. The largest absolute Gasteiger partial charge is 0.462 e. The molecule has 0 aliphatic carbocycles. The molecule has 1 atom stereocenters. The number of aromatic nitrogens is 1. The van der Waals surface area contributed by atoms with Crippen LogP contribution in [0.15, 0.2) is 42.7 Å². The van der Waals surface area contributed by atoms with Crippen LogP contribution in [0.4, 0.5) is 0 Å². The summed E-state index contributed by atoms with van der Waals surface area (Å²) in [4.78, 5) is 30.6. The molecule has 1 fully saturated rings. The summed E-state index contributed by atoms with van der Waals surface area (Å²) >= 11 is 0. The van der Waals surface area contributed by atoms with Gasteiger partial charge in [-0.3, -0.25) is 9.78 Å². The molecular weight excluding hydrogens is 342 g/mol. The first-order valence-electron chi connectivity index (χ1n) is 9.04.